The number of rotatable bonds is 4. The molecule has 2 N–H and O–H groups in total. The van der Waals surface area contributed by atoms with Crippen LogP contribution >= 0.6 is 0 Å². The zero-order valence-electron chi connectivity index (χ0n) is 13.6. The Morgan fingerprint density at radius 3 is 2.54 bits per heavy atom. The molecule has 0 aliphatic carbocycles. The van der Waals surface area contributed by atoms with E-state index in [4.69, 9.17) is 0 Å². The summed E-state index contributed by atoms with van der Waals surface area (Å²) in [6, 6.07) is 6.30. The van der Waals surface area contributed by atoms with Crippen molar-refractivity contribution in [2.24, 2.45) is 0 Å². The Labute approximate surface area is 148 Å². The molecule has 5 heterocycles. The number of nitrogens with zero attached hydrogens (tertiary/aromatic N) is 5. The number of amides is 1. The summed E-state index contributed by atoms with van der Waals surface area (Å²) in [7, 11) is 0. The summed E-state index contributed by atoms with van der Waals surface area (Å²) >= 11 is 0. The maximum Gasteiger partial charge on any atom is 0.407 e. The zero-order valence-corrected chi connectivity index (χ0v) is 13.6. The third-order valence-corrected chi connectivity index (χ3v) is 4.74. The van der Waals surface area contributed by atoms with Gasteiger partial charge in [-0.05, 0) is 24.6 Å². The van der Waals surface area contributed by atoms with Crippen LogP contribution in [0.5, 0.6) is 0 Å². The second-order valence-corrected chi connectivity index (χ2v) is 6.29. The van der Waals surface area contributed by atoms with Crippen molar-refractivity contribution in [3.63, 3.8) is 0 Å². The van der Waals surface area contributed by atoms with E-state index in [1.165, 1.54) is 11.0 Å². The molecule has 1 amide bonds. The topological polar surface area (TPSA) is 125 Å². The van der Waals surface area contributed by atoms with Gasteiger partial charge in [-0.1, -0.05) is 0 Å². The number of anilines is 3. The fraction of sp³-hybridized carbons (Fsp3) is 0.312. The molecule has 5 rings (SSSR count). The molecule has 2 aromatic rings. The van der Waals surface area contributed by atoms with Crippen LogP contribution in [0, 0.1) is 10.1 Å². The molecule has 3 aliphatic heterocycles. The third kappa shape index (κ3) is 2.75. The van der Waals surface area contributed by atoms with Gasteiger partial charge in [0.05, 0.1) is 17.0 Å². The van der Waals surface area contributed by atoms with Crippen LogP contribution in [0.25, 0.3) is 0 Å². The highest BCUT2D eigenvalue weighted by atomic mass is 16.6. The summed E-state index contributed by atoms with van der Waals surface area (Å²) in [5, 5.41) is 23.5. The average Bonchev–Trinajstić information content (AvgIpc) is 2.62. The van der Waals surface area contributed by atoms with Crippen LogP contribution in [-0.4, -0.2) is 56.2 Å². The van der Waals surface area contributed by atoms with Crippen LogP contribution in [0.2, 0.25) is 0 Å². The lowest BCUT2D eigenvalue weighted by Gasteiger charge is -2.55. The summed E-state index contributed by atoms with van der Waals surface area (Å²) in [5.41, 5.74) is 0.520. The van der Waals surface area contributed by atoms with Crippen LogP contribution in [0.4, 0.5) is 27.8 Å². The predicted molar refractivity (Wildman–Crippen MR) is 92.7 cm³/mol. The van der Waals surface area contributed by atoms with Crippen LogP contribution < -0.4 is 10.2 Å². The van der Waals surface area contributed by atoms with E-state index in [2.05, 4.69) is 15.3 Å². The predicted octanol–water partition coefficient (Wildman–Crippen LogP) is 2.07. The first-order chi connectivity index (χ1) is 12.5. The van der Waals surface area contributed by atoms with E-state index in [0.717, 1.165) is 6.42 Å². The van der Waals surface area contributed by atoms with Gasteiger partial charge in [0, 0.05) is 37.2 Å². The number of nitrogens with one attached hydrogen (secondary N) is 1. The van der Waals surface area contributed by atoms with Crippen molar-refractivity contribution in [1.82, 2.24) is 14.9 Å². The summed E-state index contributed by atoms with van der Waals surface area (Å²) < 4.78 is 0. The molecule has 2 unspecified atom stereocenters. The Morgan fingerprint density at radius 2 is 1.92 bits per heavy atom. The second kappa shape index (κ2) is 6.14. The molecule has 0 aromatic carbocycles. The van der Waals surface area contributed by atoms with Crippen molar-refractivity contribution in [3.8, 4) is 0 Å². The van der Waals surface area contributed by atoms with Gasteiger partial charge in [-0.3, -0.25) is 20.0 Å². The van der Waals surface area contributed by atoms with Gasteiger partial charge in [0.15, 0.2) is 0 Å². The van der Waals surface area contributed by atoms with E-state index in [1.807, 2.05) is 4.90 Å². The number of hydrogen-bond acceptors (Lipinski definition) is 7. The Hall–Kier alpha value is -3.43. The highest BCUT2D eigenvalue weighted by molar-refractivity contribution is 5.70. The molecule has 10 nitrogen and oxygen atoms in total. The number of piperidine rings is 1. The summed E-state index contributed by atoms with van der Waals surface area (Å²) in [5.74, 6) is 0.736. The first kappa shape index (κ1) is 16.1. The van der Waals surface area contributed by atoms with Crippen LogP contribution in [0.3, 0.4) is 0 Å². The van der Waals surface area contributed by atoms with E-state index < -0.39 is 11.0 Å². The lowest BCUT2D eigenvalue weighted by Crippen LogP contribution is -2.70. The van der Waals surface area contributed by atoms with Crippen molar-refractivity contribution in [3.05, 3.63) is 46.8 Å². The van der Waals surface area contributed by atoms with Crippen LogP contribution in [0.15, 0.2) is 36.7 Å². The quantitative estimate of drug-likeness (QED) is 0.630. The first-order valence-corrected chi connectivity index (χ1v) is 8.11. The van der Waals surface area contributed by atoms with Crippen molar-refractivity contribution in [1.29, 1.82) is 0 Å². The number of hydrogen-bond donors (Lipinski definition) is 2. The fourth-order valence-corrected chi connectivity index (χ4v) is 3.54. The Morgan fingerprint density at radius 1 is 1.23 bits per heavy atom. The summed E-state index contributed by atoms with van der Waals surface area (Å²) in [6.45, 7) is 1.06. The molecule has 3 saturated heterocycles. The number of piperazine rings is 1. The molecule has 0 spiro atoms. The number of carbonyl (C=O) groups is 1. The van der Waals surface area contributed by atoms with Gasteiger partial charge in [-0.2, -0.15) is 0 Å². The lowest BCUT2D eigenvalue weighted by atomic mass is 9.88. The largest absolute Gasteiger partial charge is 0.465 e. The normalized spacial score (nSPS) is 21.1. The minimum absolute atomic E-state index is 0.0557. The van der Waals surface area contributed by atoms with Gasteiger partial charge in [0.25, 0.3) is 0 Å². The number of aromatic nitrogens is 2. The number of carboxylic acid groups (broad SMARTS) is 1. The van der Waals surface area contributed by atoms with Gasteiger partial charge in [-0.15, -0.1) is 0 Å². The molecule has 10 heteroatoms. The highest BCUT2D eigenvalue weighted by Gasteiger charge is 2.47. The monoisotopic (exact) mass is 356 g/mol. The van der Waals surface area contributed by atoms with Gasteiger partial charge in [-0.25, -0.2) is 9.78 Å². The number of pyridine rings is 2. The van der Waals surface area contributed by atoms with Crippen molar-refractivity contribution in [2.75, 3.05) is 23.3 Å². The van der Waals surface area contributed by atoms with Crippen LogP contribution in [0.1, 0.15) is 6.42 Å². The van der Waals surface area contributed by atoms with Gasteiger partial charge in [0.2, 0.25) is 5.82 Å². The molecule has 0 radical (unpaired) electrons. The van der Waals surface area contributed by atoms with Crippen molar-refractivity contribution >= 4 is 29.1 Å². The highest BCUT2D eigenvalue weighted by Crippen LogP contribution is 2.35. The Bertz CT molecular complexity index is 849. The Kier molecular flexibility index (Phi) is 3.79. The number of fused-ring (bicyclic) bond motifs is 2. The molecule has 26 heavy (non-hydrogen) atoms. The second-order valence-electron chi connectivity index (χ2n) is 6.29. The standard InChI is InChI=1S/C16H16N6O4/c23-16(24)21-11-7-12(21)9-20(8-11)14-2-1-13(22(25)26)15(19-14)18-10-3-5-17-6-4-10/h1-6,11-12H,7-9H2,(H,23,24)(H,17,18,19). The first-order valence-electron chi connectivity index (χ1n) is 8.11. The maximum atomic E-state index is 11.3. The van der Waals surface area contributed by atoms with E-state index in [0.29, 0.717) is 24.6 Å². The molecule has 2 bridgehead atoms. The van der Waals surface area contributed by atoms with Crippen molar-refractivity contribution < 1.29 is 14.8 Å². The molecule has 3 fully saturated rings. The molecular weight excluding hydrogens is 340 g/mol. The smallest absolute Gasteiger partial charge is 0.407 e. The summed E-state index contributed by atoms with van der Waals surface area (Å²) in [4.78, 5) is 33.8. The molecule has 2 aromatic heterocycles. The molecule has 0 saturated carbocycles. The van der Waals surface area contributed by atoms with Gasteiger partial charge >= 0.3 is 11.8 Å². The minimum atomic E-state index is -0.900. The third-order valence-electron chi connectivity index (χ3n) is 4.74. The molecule has 2 atom stereocenters. The molecular formula is C16H16N6O4. The van der Waals surface area contributed by atoms with Gasteiger partial charge < -0.3 is 15.3 Å². The Balaban J connectivity index is 1.59. The van der Waals surface area contributed by atoms with E-state index in [-0.39, 0.29) is 23.6 Å². The average molecular weight is 356 g/mol. The lowest BCUT2D eigenvalue weighted by molar-refractivity contribution is -0.384. The fourth-order valence-electron chi connectivity index (χ4n) is 3.54. The van der Waals surface area contributed by atoms with Gasteiger partial charge in [0.1, 0.15) is 5.82 Å². The van der Waals surface area contributed by atoms with E-state index in [9.17, 15) is 20.0 Å². The maximum absolute atomic E-state index is 11.3. The molecule has 134 valence electrons. The minimum Gasteiger partial charge on any atom is -0.465 e. The van der Waals surface area contributed by atoms with E-state index >= 15 is 0 Å². The van der Waals surface area contributed by atoms with E-state index in [1.54, 1.807) is 30.6 Å². The zero-order chi connectivity index (χ0) is 18.3. The van der Waals surface area contributed by atoms with Crippen molar-refractivity contribution in [2.45, 2.75) is 18.5 Å². The number of nitro groups is 1. The van der Waals surface area contributed by atoms with Crippen LogP contribution in [-0.2, 0) is 0 Å². The summed E-state index contributed by atoms with van der Waals surface area (Å²) in [6.07, 6.45) is 3.10. The SMILES string of the molecule is O=C(O)N1C2CC1CN(c1ccc([N+](=O)[O-])c(Nc3ccncc3)n1)C2. The molecule has 3 aliphatic rings.